The quantitative estimate of drug-likeness (QED) is 0.881. The monoisotopic (exact) mass is 264 g/mol. The first-order valence-corrected chi connectivity index (χ1v) is 5.40. The fraction of sp³-hybridized carbons (Fsp3) is 0. The van der Waals surface area contributed by atoms with E-state index < -0.39 is 11.6 Å². The molecular weight excluding hydrogens is 258 g/mol. The molecule has 2 nitrogen and oxygen atoms in total. The van der Waals surface area contributed by atoms with Gasteiger partial charge in [0.15, 0.2) is 0 Å². The summed E-state index contributed by atoms with van der Waals surface area (Å²) < 4.78 is 26.4. The van der Waals surface area contributed by atoms with Crippen LogP contribution < -0.4 is 5.32 Å². The fourth-order valence-electron chi connectivity index (χ4n) is 1.48. The number of nitriles is 1. The maximum atomic E-state index is 13.4. The summed E-state index contributed by atoms with van der Waals surface area (Å²) in [4.78, 5) is 0. The van der Waals surface area contributed by atoms with Crippen LogP contribution in [0.3, 0.4) is 0 Å². The summed E-state index contributed by atoms with van der Waals surface area (Å²) >= 11 is 5.88. The molecule has 0 saturated carbocycles. The lowest BCUT2D eigenvalue weighted by atomic mass is 10.1. The maximum Gasteiger partial charge on any atom is 0.143 e. The molecule has 0 bridgehead atoms. The first-order valence-electron chi connectivity index (χ1n) is 5.02. The van der Waals surface area contributed by atoms with Gasteiger partial charge in [-0.1, -0.05) is 17.7 Å². The zero-order valence-corrected chi connectivity index (χ0v) is 9.80. The lowest BCUT2D eigenvalue weighted by molar-refractivity contribution is 0.624. The van der Waals surface area contributed by atoms with E-state index in [-0.39, 0.29) is 22.0 Å². The molecule has 2 rings (SSSR count). The Kier molecular flexibility index (Phi) is 3.45. The molecular formula is C13H7ClF2N2. The number of hydrogen-bond acceptors (Lipinski definition) is 2. The molecule has 0 heterocycles. The number of rotatable bonds is 2. The number of anilines is 2. The van der Waals surface area contributed by atoms with Gasteiger partial charge in [0, 0.05) is 0 Å². The van der Waals surface area contributed by atoms with Crippen molar-refractivity contribution in [1.82, 2.24) is 0 Å². The topological polar surface area (TPSA) is 35.8 Å². The van der Waals surface area contributed by atoms with Crippen LogP contribution in [0.15, 0.2) is 36.4 Å². The van der Waals surface area contributed by atoms with E-state index in [2.05, 4.69) is 5.32 Å². The van der Waals surface area contributed by atoms with Crippen molar-refractivity contribution in [3.8, 4) is 6.07 Å². The molecule has 0 spiro atoms. The molecule has 2 aromatic rings. The van der Waals surface area contributed by atoms with Gasteiger partial charge >= 0.3 is 0 Å². The van der Waals surface area contributed by atoms with Gasteiger partial charge in [0.25, 0.3) is 0 Å². The fourth-order valence-corrected chi connectivity index (χ4v) is 1.65. The van der Waals surface area contributed by atoms with E-state index in [1.807, 2.05) is 0 Å². The molecule has 18 heavy (non-hydrogen) atoms. The van der Waals surface area contributed by atoms with Crippen LogP contribution in [-0.2, 0) is 0 Å². The van der Waals surface area contributed by atoms with Crippen molar-refractivity contribution in [1.29, 1.82) is 5.26 Å². The van der Waals surface area contributed by atoms with E-state index in [1.54, 1.807) is 6.07 Å². The van der Waals surface area contributed by atoms with Gasteiger partial charge in [0.2, 0.25) is 0 Å². The van der Waals surface area contributed by atoms with Crippen molar-refractivity contribution in [2.75, 3.05) is 5.32 Å². The van der Waals surface area contributed by atoms with Gasteiger partial charge in [0.1, 0.15) is 23.3 Å². The Morgan fingerprint density at radius 1 is 1.11 bits per heavy atom. The van der Waals surface area contributed by atoms with E-state index in [4.69, 9.17) is 16.9 Å². The molecule has 90 valence electrons. The summed E-state index contributed by atoms with van der Waals surface area (Å²) in [6, 6.07) is 9.66. The predicted octanol–water partition coefficient (Wildman–Crippen LogP) is 4.23. The molecule has 0 saturated heterocycles. The lowest BCUT2D eigenvalue weighted by Crippen LogP contribution is -1.97. The van der Waals surface area contributed by atoms with Gasteiger partial charge in [0.05, 0.1) is 16.4 Å². The summed E-state index contributed by atoms with van der Waals surface area (Å²) in [6.07, 6.45) is 0. The molecule has 0 amide bonds. The van der Waals surface area contributed by atoms with E-state index >= 15 is 0 Å². The predicted molar refractivity (Wildman–Crippen MR) is 65.8 cm³/mol. The van der Waals surface area contributed by atoms with E-state index in [1.165, 1.54) is 36.4 Å². The lowest BCUT2D eigenvalue weighted by Gasteiger charge is -2.10. The Labute approximate surface area is 107 Å². The number of nitrogens with one attached hydrogen (secondary N) is 1. The minimum absolute atomic E-state index is 0.141. The molecule has 0 radical (unpaired) electrons. The van der Waals surface area contributed by atoms with Crippen molar-refractivity contribution in [3.63, 3.8) is 0 Å². The van der Waals surface area contributed by atoms with Crippen LogP contribution >= 0.6 is 11.6 Å². The minimum atomic E-state index is -0.643. The summed E-state index contributed by atoms with van der Waals surface area (Å²) in [6.45, 7) is 0. The number of halogens is 3. The Balaban J connectivity index is 2.44. The third kappa shape index (κ3) is 2.41. The Hall–Kier alpha value is -2.12. The van der Waals surface area contributed by atoms with Crippen LogP contribution in [0.5, 0.6) is 0 Å². The Bertz CT molecular complexity index is 635. The van der Waals surface area contributed by atoms with Gasteiger partial charge < -0.3 is 5.32 Å². The molecule has 0 unspecified atom stereocenters. The number of nitrogens with zero attached hydrogens (tertiary/aromatic N) is 1. The van der Waals surface area contributed by atoms with Crippen LogP contribution in [0.1, 0.15) is 5.56 Å². The van der Waals surface area contributed by atoms with Gasteiger partial charge in [-0.25, -0.2) is 8.78 Å². The highest BCUT2D eigenvalue weighted by molar-refractivity contribution is 6.33. The van der Waals surface area contributed by atoms with Crippen molar-refractivity contribution < 1.29 is 8.78 Å². The zero-order valence-electron chi connectivity index (χ0n) is 9.05. The first-order chi connectivity index (χ1) is 8.61. The smallest absolute Gasteiger partial charge is 0.143 e. The number of benzene rings is 2. The molecule has 0 aromatic heterocycles. The van der Waals surface area contributed by atoms with E-state index in [9.17, 15) is 8.78 Å². The van der Waals surface area contributed by atoms with Gasteiger partial charge in [-0.05, 0) is 30.3 Å². The molecule has 2 aromatic carbocycles. The highest BCUT2D eigenvalue weighted by atomic mass is 35.5. The molecule has 0 atom stereocenters. The zero-order chi connectivity index (χ0) is 13.1. The highest BCUT2D eigenvalue weighted by Gasteiger charge is 2.09. The van der Waals surface area contributed by atoms with Crippen molar-refractivity contribution in [2.24, 2.45) is 0 Å². The third-order valence-corrected chi connectivity index (χ3v) is 2.65. The largest absolute Gasteiger partial charge is 0.353 e. The standard InChI is InChI=1S/C13H7ClF2N2/c14-10-5-4-8(15)6-13(10)18-12-3-1-2-11(16)9(12)7-17/h1-6,18H. The van der Waals surface area contributed by atoms with Crippen molar-refractivity contribution in [2.45, 2.75) is 0 Å². The van der Waals surface area contributed by atoms with Gasteiger partial charge in [-0.15, -0.1) is 0 Å². The minimum Gasteiger partial charge on any atom is -0.353 e. The molecule has 0 aliphatic carbocycles. The van der Waals surface area contributed by atoms with E-state index in [0.717, 1.165) is 0 Å². The van der Waals surface area contributed by atoms with Gasteiger partial charge in [-0.3, -0.25) is 0 Å². The van der Waals surface area contributed by atoms with Crippen LogP contribution in [0, 0.1) is 23.0 Å². The molecule has 0 fully saturated rings. The molecule has 0 aliphatic rings. The maximum absolute atomic E-state index is 13.4. The summed E-state index contributed by atoms with van der Waals surface area (Å²) in [5.41, 5.74) is 0.376. The normalized spacial score (nSPS) is 9.89. The highest BCUT2D eigenvalue weighted by Crippen LogP contribution is 2.28. The third-order valence-electron chi connectivity index (χ3n) is 2.32. The molecule has 1 N–H and O–H groups in total. The van der Waals surface area contributed by atoms with E-state index in [0.29, 0.717) is 0 Å². The second-order valence-electron chi connectivity index (χ2n) is 3.52. The van der Waals surface area contributed by atoms with Crippen LogP contribution in [0.25, 0.3) is 0 Å². The number of hydrogen-bond donors (Lipinski definition) is 1. The molecule has 5 heteroatoms. The van der Waals surface area contributed by atoms with Crippen LogP contribution in [-0.4, -0.2) is 0 Å². The summed E-state index contributed by atoms with van der Waals surface area (Å²) in [5, 5.41) is 11.9. The van der Waals surface area contributed by atoms with Crippen LogP contribution in [0.2, 0.25) is 5.02 Å². The summed E-state index contributed by atoms with van der Waals surface area (Å²) in [7, 11) is 0. The van der Waals surface area contributed by atoms with Gasteiger partial charge in [-0.2, -0.15) is 5.26 Å². The molecule has 0 aliphatic heterocycles. The van der Waals surface area contributed by atoms with Crippen molar-refractivity contribution >= 4 is 23.0 Å². The second-order valence-corrected chi connectivity index (χ2v) is 3.93. The first kappa shape index (κ1) is 12.3. The summed E-state index contributed by atoms with van der Waals surface area (Å²) in [5.74, 6) is -1.12. The second kappa shape index (κ2) is 5.03. The average molecular weight is 265 g/mol. The Morgan fingerprint density at radius 3 is 2.61 bits per heavy atom. The SMILES string of the molecule is N#Cc1c(F)cccc1Nc1cc(F)ccc1Cl. The van der Waals surface area contributed by atoms with Crippen molar-refractivity contribution in [3.05, 3.63) is 58.6 Å². The average Bonchev–Trinajstić information content (AvgIpc) is 2.34. The Morgan fingerprint density at radius 2 is 1.89 bits per heavy atom. The van der Waals surface area contributed by atoms with Crippen LogP contribution in [0.4, 0.5) is 20.2 Å².